The van der Waals surface area contributed by atoms with E-state index in [4.69, 9.17) is 15.2 Å². The molecule has 0 radical (unpaired) electrons. The second kappa shape index (κ2) is 9.28. The summed E-state index contributed by atoms with van der Waals surface area (Å²) in [7, 11) is 0. The molecule has 154 valence electrons. The minimum absolute atomic E-state index is 0.0337. The number of hydrogen-bond donors (Lipinski definition) is 2. The highest BCUT2D eigenvalue weighted by atomic mass is 16.6. The van der Waals surface area contributed by atoms with Gasteiger partial charge in [0.15, 0.2) is 24.8 Å². The Morgan fingerprint density at radius 1 is 1.13 bits per heavy atom. The summed E-state index contributed by atoms with van der Waals surface area (Å²) in [5, 5.41) is 14.0. The van der Waals surface area contributed by atoms with Crippen LogP contribution in [0, 0.1) is 17.0 Å². The molecule has 0 atom stereocenters. The van der Waals surface area contributed by atoms with Crippen molar-refractivity contribution in [2.45, 2.75) is 13.5 Å². The van der Waals surface area contributed by atoms with E-state index in [0.29, 0.717) is 0 Å². The van der Waals surface area contributed by atoms with Crippen molar-refractivity contribution in [3.05, 3.63) is 70.0 Å². The molecule has 0 aliphatic rings. The predicted octanol–water partition coefficient (Wildman–Crippen LogP) is 2.54. The summed E-state index contributed by atoms with van der Waals surface area (Å²) in [5.41, 5.74) is 7.24. The van der Waals surface area contributed by atoms with E-state index >= 15 is 0 Å². The quantitative estimate of drug-likeness (QED) is 0.321. The van der Waals surface area contributed by atoms with Crippen LogP contribution in [0.5, 0.6) is 5.75 Å². The summed E-state index contributed by atoms with van der Waals surface area (Å²) in [6.45, 7) is 1.14. The Labute approximate surface area is 171 Å². The highest BCUT2D eigenvalue weighted by Gasteiger charge is 2.16. The number of nitrogens with zero attached hydrogens (tertiary/aromatic N) is 4. The number of nitrogen functional groups attached to an aromatic ring is 1. The van der Waals surface area contributed by atoms with E-state index in [9.17, 15) is 14.9 Å². The van der Waals surface area contributed by atoms with E-state index in [1.165, 1.54) is 18.2 Å². The number of para-hydroxylation sites is 3. The summed E-state index contributed by atoms with van der Waals surface area (Å²) < 4.78 is 10.2. The van der Waals surface area contributed by atoms with Crippen LogP contribution in [-0.2, 0) is 16.1 Å². The molecular weight excluding hydrogens is 392 g/mol. The minimum Gasteiger partial charge on any atom is -0.475 e. The zero-order valence-electron chi connectivity index (χ0n) is 15.9. The number of nitro groups is 1. The van der Waals surface area contributed by atoms with Crippen LogP contribution in [-0.4, -0.2) is 32.5 Å². The van der Waals surface area contributed by atoms with Crippen LogP contribution in [0.1, 0.15) is 11.4 Å². The highest BCUT2D eigenvalue weighted by molar-refractivity contribution is 5.71. The molecule has 0 saturated heterocycles. The first-order valence-electron chi connectivity index (χ1n) is 8.77. The van der Waals surface area contributed by atoms with Crippen LogP contribution in [0.4, 0.5) is 23.3 Å². The number of benzene rings is 2. The number of rotatable bonds is 8. The van der Waals surface area contributed by atoms with E-state index in [-0.39, 0.29) is 35.8 Å². The molecule has 0 aliphatic heterocycles. The third-order valence-corrected chi connectivity index (χ3v) is 3.86. The molecule has 3 aromatic rings. The molecule has 3 rings (SSSR count). The van der Waals surface area contributed by atoms with Gasteiger partial charge >= 0.3 is 11.7 Å². The molecule has 0 spiro atoms. The first-order chi connectivity index (χ1) is 14.4. The van der Waals surface area contributed by atoms with E-state index in [0.717, 1.165) is 11.3 Å². The van der Waals surface area contributed by atoms with Crippen molar-refractivity contribution in [1.82, 2.24) is 15.0 Å². The third-order valence-electron chi connectivity index (χ3n) is 3.86. The van der Waals surface area contributed by atoms with Crippen molar-refractivity contribution < 1.29 is 19.2 Å². The SMILES string of the molecule is Cc1ccccc1Nc1nc(N)nc(COC(=O)COc2ccccc2[N+](=O)[O-])n1. The van der Waals surface area contributed by atoms with Crippen LogP contribution in [0.15, 0.2) is 48.5 Å². The largest absolute Gasteiger partial charge is 0.475 e. The molecule has 2 aromatic carbocycles. The molecule has 30 heavy (non-hydrogen) atoms. The van der Waals surface area contributed by atoms with Gasteiger partial charge in [0.05, 0.1) is 4.92 Å². The summed E-state index contributed by atoms with van der Waals surface area (Å²) in [6, 6.07) is 13.3. The Kier molecular flexibility index (Phi) is 6.33. The van der Waals surface area contributed by atoms with Gasteiger partial charge in [-0.05, 0) is 24.6 Å². The highest BCUT2D eigenvalue weighted by Crippen LogP contribution is 2.25. The second-order valence-electron chi connectivity index (χ2n) is 6.05. The molecule has 0 fully saturated rings. The molecule has 0 aliphatic carbocycles. The van der Waals surface area contributed by atoms with E-state index in [1.54, 1.807) is 6.07 Å². The van der Waals surface area contributed by atoms with Crippen LogP contribution < -0.4 is 15.8 Å². The number of nitrogens with one attached hydrogen (secondary N) is 1. The van der Waals surface area contributed by atoms with Crippen LogP contribution in [0.2, 0.25) is 0 Å². The molecule has 3 N–H and O–H groups in total. The standard InChI is InChI=1S/C19H18N6O5/c1-12-6-2-3-7-13(12)21-19-23-16(22-18(20)24-19)10-30-17(26)11-29-15-9-5-4-8-14(15)25(27)28/h2-9H,10-11H2,1H3,(H3,20,21,22,23,24). The summed E-state index contributed by atoms with van der Waals surface area (Å²) in [6.07, 6.45) is 0. The monoisotopic (exact) mass is 410 g/mol. The molecule has 11 nitrogen and oxygen atoms in total. The van der Waals surface area contributed by atoms with Crippen molar-refractivity contribution in [3.8, 4) is 5.75 Å². The lowest BCUT2D eigenvalue weighted by Crippen LogP contribution is -2.17. The fourth-order valence-corrected chi connectivity index (χ4v) is 2.45. The number of nitrogens with two attached hydrogens (primary N) is 1. The van der Waals surface area contributed by atoms with Gasteiger partial charge in [-0.2, -0.15) is 15.0 Å². The Morgan fingerprint density at radius 3 is 2.63 bits per heavy atom. The van der Waals surface area contributed by atoms with E-state index in [1.807, 2.05) is 31.2 Å². The zero-order valence-corrected chi connectivity index (χ0v) is 15.9. The van der Waals surface area contributed by atoms with Gasteiger partial charge in [0.1, 0.15) is 0 Å². The fraction of sp³-hybridized carbons (Fsp3) is 0.158. The van der Waals surface area contributed by atoms with Gasteiger partial charge in [-0.3, -0.25) is 10.1 Å². The third kappa shape index (κ3) is 5.38. The maximum atomic E-state index is 11.9. The van der Waals surface area contributed by atoms with Crippen LogP contribution in [0.3, 0.4) is 0 Å². The number of esters is 1. The molecule has 0 bridgehead atoms. The number of anilines is 3. The molecule has 1 heterocycles. The number of aromatic nitrogens is 3. The number of nitro benzene ring substituents is 1. The molecule has 1 aromatic heterocycles. The molecular formula is C19H18N6O5. The van der Waals surface area contributed by atoms with Crippen molar-refractivity contribution in [2.24, 2.45) is 0 Å². The van der Waals surface area contributed by atoms with Gasteiger partial charge in [-0.25, -0.2) is 4.79 Å². The summed E-state index contributed by atoms with van der Waals surface area (Å²) >= 11 is 0. The smallest absolute Gasteiger partial charge is 0.344 e. The number of ether oxygens (including phenoxy) is 2. The molecule has 0 amide bonds. The van der Waals surface area contributed by atoms with Gasteiger partial charge in [-0.15, -0.1) is 0 Å². The van der Waals surface area contributed by atoms with Gasteiger partial charge < -0.3 is 20.5 Å². The first kappa shape index (κ1) is 20.5. The molecule has 0 unspecified atom stereocenters. The topological polar surface area (TPSA) is 155 Å². The Hall–Kier alpha value is -4.28. The normalized spacial score (nSPS) is 10.3. The van der Waals surface area contributed by atoms with Gasteiger partial charge in [0.2, 0.25) is 11.9 Å². The van der Waals surface area contributed by atoms with Crippen molar-refractivity contribution in [2.75, 3.05) is 17.7 Å². The average Bonchev–Trinajstić information content (AvgIpc) is 2.72. The predicted molar refractivity (Wildman–Crippen MR) is 107 cm³/mol. The average molecular weight is 410 g/mol. The fourth-order valence-electron chi connectivity index (χ4n) is 2.45. The summed E-state index contributed by atoms with van der Waals surface area (Å²) in [5.74, 6) is -0.478. The maximum absolute atomic E-state index is 11.9. The Balaban J connectivity index is 1.59. The molecule has 11 heteroatoms. The van der Waals surface area contributed by atoms with Gasteiger partial charge in [0.25, 0.3) is 0 Å². The van der Waals surface area contributed by atoms with Crippen molar-refractivity contribution in [1.29, 1.82) is 0 Å². The second-order valence-corrected chi connectivity index (χ2v) is 6.05. The first-order valence-corrected chi connectivity index (χ1v) is 8.77. The lowest BCUT2D eigenvalue weighted by Gasteiger charge is -2.10. The van der Waals surface area contributed by atoms with Crippen molar-refractivity contribution in [3.63, 3.8) is 0 Å². The Bertz CT molecular complexity index is 1070. The number of carbonyl (C=O) groups excluding carboxylic acids is 1. The maximum Gasteiger partial charge on any atom is 0.344 e. The molecule has 0 saturated carbocycles. The van der Waals surface area contributed by atoms with Crippen LogP contribution in [0.25, 0.3) is 0 Å². The van der Waals surface area contributed by atoms with Crippen molar-refractivity contribution >= 4 is 29.2 Å². The lowest BCUT2D eigenvalue weighted by atomic mass is 10.2. The Morgan fingerprint density at radius 2 is 1.87 bits per heavy atom. The minimum atomic E-state index is -0.749. The number of hydrogen-bond acceptors (Lipinski definition) is 10. The number of carbonyl (C=O) groups is 1. The van der Waals surface area contributed by atoms with E-state index < -0.39 is 17.5 Å². The van der Waals surface area contributed by atoms with Gasteiger partial charge in [-0.1, -0.05) is 30.3 Å². The van der Waals surface area contributed by atoms with E-state index in [2.05, 4.69) is 20.3 Å². The van der Waals surface area contributed by atoms with Crippen LogP contribution >= 0.6 is 0 Å². The number of aryl methyl sites for hydroxylation is 1. The zero-order chi connectivity index (χ0) is 21.5. The van der Waals surface area contributed by atoms with Gasteiger partial charge in [0, 0.05) is 11.8 Å². The summed E-state index contributed by atoms with van der Waals surface area (Å²) in [4.78, 5) is 34.4. The lowest BCUT2D eigenvalue weighted by molar-refractivity contribution is -0.385.